The zero-order chi connectivity index (χ0) is 15.2. The lowest BCUT2D eigenvalue weighted by atomic mass is 10.0. The summed E-state index contributed by atoms with van der Waals surface area (Å²) in [4.78, 5) is 2.11. The first-order valence-electron chi connectivity index (χ1n) is 7.16. The Morgan fingerprint density at radius 1 is 1.10 bits per heavy atom. The highest BCUT2D eigenvalue weighted by atomic mass is 16.5. The van der Waals surface area contributed by atoms with Gasteiger partial charge in [-0.25, -0.2) is 0 Å². The Morgan fingerprint density at radius 3 is 2.48 bits per heavy atom. The molecule has 0 aliphatic heterocycles. The van der Waals surface area contributed by atoms with Gasteiger partial charge in [0.05, 0.1) is 13.2 Å². The van der Waals surface area contributed by atoms with Gasteiger partial charge >= 0.3 is 0 Å². The molecule has 3 nitrogen and oxygen atoms in total. The number of nitrogens with zero attached hydrogens (tertiary/aromatic N) is 1. The highest BCUT2D eigenvalue weighted by Gasteiger charge is 2.13. The zero-order valence-electron chi connectivity index (χ0n) is 12.9. The third-order valence-electron chi connectivity index (χ3n) is 3.66. The van der Waals surface area contributed by atoms with Crippen molar-refractivity contribution in [2.75, 3.05) is 20.7 Å². The van der Waals surface area contributed by atoms with Crippen molar-refractivity contribution in [3.63, 3.8) is 0 Å². The maximum atomic E-state index is 10.4. The first kappa shape index (κ1) is 15.5. The summed E-state index contributed by atoms with van der Waals surface area (Å²) in [6.45, 7) is 3.36. The van der Waals surface area contributed by atoms with Crippen molar-refractivity contribution < 1.29 is 9.84 Å². The summed E-state index contributed by atoms with van der Waals surface area (Å²) in [6, 6.07) is 15.9. The molecule has 0 aromatic heterocycles. The molecule has 0 bridgehead atoms. The van der Waals surface area contributed by atoms with Crippen LogP contribution in [0.2, 0.25) is 0 Å². The predicted octanol–water partition coefficient (Wildman–Crippen LogP) is 3.17. The summed E-state index contributed by atoms with van der Waals surface area (Å²) in [7, 11) is 3.69. The van der Waals surface area contributed by atoms with E-state index in [0.717, 1.165) is 29.0 Å². The van der Waals surface area contributed by atoms with E-state index in [9.17, 15) is 5.11 Å². The Kier molecular flexibility index (Phi) is 5.37. The number of aliphatic hydroxyl groups excluding tert-OH is 1. The molecule has 2 aromatic rings. The molecular formula is C18H23NO2. The van der Waals surface area contributed by atoms with Gasteiger partial charge in [-0.05, 0) is 31.2 Å². The van der Waals surface area contributed by atoms with Crippen molar-refractivity contribution in [3.8, 4) is 5.75 Å². The van der Waals surface area contributed by atoms with Gasteiger partial charge in [-0.1, -0.05) is 42.5 Å². The monoisotopic (exact) mass is 285 g/mol. The van der Waals surface area contributed by atoms with E-state index >= 15 is 0 Å². The number of hydrogen-bond acceptors (Lipinski definition) is 3. The van der Waals surface area contributed by atoms with Crippen LogP contribution in [0, 0.1) is 6.92 Å². The second kappa shape index (κ2) is 7.25. The number of likely N-dealkylation sites (N-methyl/N-ethyl adjacent to an activating group) is 1. The molecule has 21 heavy (non-hydrogen) atoms. The van der Waals surface area contributed by atoms with Gasteiger partial charge in [0.25, 0.3) is 0 Å². The molecule has 2 aromatic carbocycles. The van der Waals surface area contributed by atoms with Gasteiger partial charge in [-0.2, -0.15) is 0 Å². The quantitative estimate of drug-likeness (QED) is 0.885. The number of aliphatic hydroxyl groups is 1. The Labute approximate surface area is 126 Å². The van der Waals surface area contributed by atoms with Crippen molar-refractivity contribution in [2.45, 2.75) is 19.6 Å². The van der Waals surface area contributed by atoms with Crippen LogP contribution in [0.3, 0.4) is 0 Å². The van der Waals surface area contributed by atoms with Crippen LogP contribution in [0.4, 0.5) is 0 Å². The van der Waals surface area contributed by atoms with E-state index in [0.29, 0.717) is 6.54 Å². The first-order chi connectivity index (χ1) is 10.1. The van der Waals surface area contributed by atoms with E-state index in [2.05, 4.69) is 11.0 Å². The number of rotatable bonds is 6. The lowest BCUT2D eigenvalue weighted by Gasteiger charge is -2.22. The van der Waals surface area contributed by atoms with Crippen molar-refractivity contribution in [2.24, 2.45) is 0 Å². The number of benzene rings is 2. The topological polar surface area (TPSA) is 32.7 Å². The van der Waals surface area contributed by atoms with Crippen LogP contribution in [0.25, 0.3) is 0 Å². The summed E-state index contributed by atoms with van der Waals surface area (Å²) in [5, 5.41) is 10.4. The van der Waals surface area contributed by atoms with Gasteiger partial charge in [-0.15, -0.1) is 0 Å². The van der Waals surface area contributed by atoms with Crippen LogP contribution >= 0.6 is 0 Å². The summed E-state index contributed by atoms with van der Waals surface area (Å²) < 4.78 is 5.37. The largest absolute Gasteiger partial charge is 0.496 e. The van der Waals surface area contributed by atoms with E-state index in [1.807, 2.05) is 56.4 Å². The van der Waals surface area contributed by atoms with E-state index in [4.69, 9.17) is 4.74 Å². The molecule has 2 rings (SSSR count). The van der Waals surface area contributed by atoms with Gasteiger partial charge in [-0.3, -0.25) is 4.90 Å². The van der Waals surface area contributed by atoms with E-state index < -0.39 is 6.10 Å². The van der Waals surface area contributed by atoms with Gasteiger partial charge in [0.2, 0.25) is 0 Å². The number of ether oxygens (including phenoxy) is 1. The summed E-state index contributed by atoms with van der Waals surface area (Å²) >= 11 is 0. The molecule has 0 saturated carbocycles. The third kappa shape index (κ3) is 4.06. The van der Waals surface area contributed by atoms with Crippen LogP contribution in [0.1, 0.15) is 22.8 Å². The van der Waals surface area contributed by atoms with E-state index in [1.165, 1.54) is 0 Å². The molecule has 0 aliphatic rings. The van der Waals surface area contributed by atoms with Gasteiger partial charge in [0, 0.05) is 18.7 Å². The molecule has 0 fully saturated rings. The highest BCUT2D eigenvalue weighted by Crippen LogP contribution is 2.21. The van der Waals surface area contributed by atoms with E-state index in [-0.39, 0.29) is 0 Å². The lowest BCUT2D eigenvalue weighted by molar-refractivity contribution is 0.123. The van der Waals surface area contributed by atoms with Gasteiger partial charge in [0.15, 0.2) is 0 Å². The molecular weight excluding hydrogens is 262 g/mol. The van der Waals surface area contributed by atoms with Crippen LogP contribution in [0.15, 0.2) is 48.5 Å². The lowest BCUT2D eigenvalue weighted by Crippen LogP contribution is -2.24. The molecule has 0 spiro atoms. The minimum atomic E-state index is -0.481. The molecule has 1 atom stereocenters. The normalized spacial score (nSPS) is 12.4. The summed E-state index contributed by atoms with van der Waals surface area (Å²) in [5.74, 6) is 0.884. The van der Waals surface area contributed by atoms with Gasteiger partial charge < -0.3 is 9.84 Å². The van der Waals surface area contributed by atoms with Crippen molar-refractivity contribution in [3.05, 3.63) is 65.2 Å². The van der Waals surface area contributed by atoms with Crippen molar-refractivity contribution >= 4 is 0 Å². The highest BCUT2D eigenvalue weighted by molar-refractivity contribution is 5.33. The van der Waals surface area contributed by atoms with Crippen molar-refractivity contribution in [1.82, 2.24) is 4.90 Å². The number of methoxy groups -OCH3 is 1. The summed E-state index contributed by atoms with van der Waals surface area (Å²) in [6.07, 6.45) is -0.481. The number of hydrogen-bond donors (Lipinski definition) is 1. The standard InChI is InChI=1S/C18H23NO2/c1-14-8-4-6-10-16(14)17(20)13-19(2)12-15-9-5-7-11-18(15)21-3/h4-11,17,20H,12-13H2,1-3H3. The SMILES string of the molecule is COc1ccccc1CN(C)CC(O)c1ccccc1C. The molecule has 1 unspecified atom stereocenters. The molecule has 0 aliphatic carbocycles. The van der Waals surface area contributed by atoms with E-state index in [1.54, 1.807) is 7.11 Å². The maximum absolute atomic E-state index is 10.4. The molecule has 3 heteroatoms. The Morgan fingerprint density at radius 2 is 1.76 bits per heavy atom. The third-order valence-corrected chi connectivity index (χ3v) is 3.66. The van der Waals surface area contributed by atoms with Crippen LogP contribution in [-0.2, 0) is 6.54 Å². The Hall–Kier alpha value is -1.84. The van der Waals surface area contributed by atoms with Gasteiger partial charge in [0.1, 0.15) is 5.75 Å². The van der Waals surface area contributed by atoms with Crippen LogP contribution in [0.5, 0.6) is 5.75 Å². The minimum Gasteiger partial charge on any atom is -0.496 e. The predicted molar refractivity (Wildman–Crippen MR) is 85.5 cm³/mol. The Balaban J connectivity index is 2.01. The van der Waals surface area contributed by atoms with Crippen molar-refractivity contribution in [1.29, 1.82) is 0 Å². The fourth-order valence-corrected chi connectivity index (χ4v) is 2.54. The number of para-hydroxylation sites is 1. The minimum absolute atomic E-state index is 0.481. The maximum Gasteiger partial charge on any atom is 0.123 e. The number of aryl methyl sites for hydroxylation is 1. The smallest absolute Gasteiger partial charge is 0.123 e. The molecule has 1 N–H and O–H groups in total. The molecule has 112 valence electrons. The summed E-state index contributed by atoms with van der Waals surface area (Å²) in [5.41, 5.74) is 3.24. The molecule has 0 heterocycles. The van der Waals surface area contributed by atoms with Crippen LogP contribution < -0.4 is 4.74 Å². The second-order valence-electron chi connectivity index (χ2n) is 5.38. The van der Waals surface area contributed by atoms with Crippen LogP contribution in [-0.4, -0.2) is 30.7 Å². The average molecular weight is 285 g/mol. The zero-order valence-corrected chi connectivity index (χ0v) is 12.9. The molecule has 0 amide bonds. The fraction of sp³-hybridized carbons (Fsp3) is 0.333. The Bertz CT molecular complexity index is 583. The molecule has 0 saturated heterocycles. The molecule has 0 radical (unpaired) electrons. The second-order valence-corrected chi connectivity index (χ2v) is 5.38. The first-order valence-corrected chi connectivity index (χ1v) is 7.16. The average Bonchev–Trinajstić information content (AvgIpc) is 2.48. The fourth-order valence-electron chi connectivity index (χ4n) is 2.54.